The van der Waals surface area contributed by atoms with Gasteiger partial charge in [-0.2, -0.15) is 0 Å². The van der Waals surface area contributed by atoms with Crippen LogP contribution in [0.2, 0.25) is 0 Å². The largest absolute Gasteiger partial charge is 0.496 e. The molecule has 1 amide bonds. The minimum Gasteiger partial charge on any atom is -0.496 e. The molecule has 2 atom stereocenters. The third-order valence-electron chi connectivity index (χ3n) is 5.49. The van der Waals surface area contributed by atoms with Crippen LogP contribution in [-0.4, -0.2) is 24.5 Å². The summed E-state index contributed by atoms with van der Waals surface area (Å²) in [7, 11) is 1.69. The van der Waals surface area contributed by atoms with Crippen molar-refractivity contribution in [2.45, 2.75) is 31.7 Å². The molecule has 0 spiro atoms. The molecule has 1 saturated heterocycles. The number of carbonyl (C=O) groups is 1. The van der Waals surface area contributed by atoms with E-state index in [4.69, 9.17) is 4.74 Å². The molecule has 0 saturated carbocycles. The second kappa shape index (κ2) is 6.31. The van der Waals surface area contributed by atoms with Crippen molar-refractivity contribution in [2.75, 3.05) is 13.7 Å². The maximum absolute atomic E-state index is 13.0. The lowest BCUT2D eigenvalue weighted by Crippen LogP contribution is -2.31. The van der Waals surface area contributed by atoms with Gasteiger partial charge in [-0.3, -0.25) is 4.79 Å². The number of methoxy groups -OCH3 is 1. The second-order valence-corrected chi connectivity index (χ2v) is 6.79. The highest BCUT2D eigenvalue weighted by molar-refractivity contribution is 5.82. The number of ether oxygens (including phenoxy) is 1. The van der Waals surface area contributed by atoms with Crippen LogP contribution in [0.1, 0.15) is 35.6 Å². The highest BCUT2D eigenvalue weighted by Gasteiger charge is 2.38. The van der Waals surface area contributed by atoms with E-state index in [9.17, 15) is 4.79 Å². The fourth-order valence-electron chi connectivity index (χ4n) is 4.26. The van der Waals surface area contributed by atoms with Crippen molar-refractivity contribution in [3.8, 4) is 5.75 Å². The molecule has 1 aliphatic carbocycles. The maximum atomic E-state index is 13.0. The molecule has 3 nitrogen and oxygen atoms in total. The fraction of sp³-hybridized carbons (Fsp3) is 0.381. The minimum atomic E-state index is 0.0778. The Bertz CT molecular complexity index is 755. The predicted molar refractivity (Wildman–Crippen MR) is 94.0 cm³/mol. The van der Waals surface area contributed by atoms with Crippen molar-refractivity contribution in [1.82, 2.24) is 4.90 Å². The van der Waals surface area contributed by atoms with Gasteiger partial charge in [0.05, 0.1) is 13.2 Å². The van der Waals surface area contributed by atoms with Gasteiger partial charge in [0, 0.05) is 12.5 Å². The van der Waals surface area contributed by atoms with Crippen LogP contribution < -0.4 is 4.74 Å². The first-order valence-electron chi connectivity index (χ1n) is 8.78. The van der Waals surface area contributed by atoms with E-state index < -0.39 is 0 Å². The molecule has 1 heterocycles. The molecule has 0 radical (unpaired) electrons. The third kappa shape index (κ3) is 2.58. The zero-order chi connectivity index (χ0) is 16.5. The summed E-state index contributed by atoms with van der Waals surface area (Å²) in [5.41, 5.74) is 3.89. The lowest BCUT2D eigenvalue weighted by Gasteiger charge is -2.25. The molecule has 2 aliphatic rings. The van der Waals surface area contributed by atoms with Gasteiger partial charge in [-0.25, -0.2) is 0 Å². The lowest BCUT2D eigenvalue weighted by atomic mass is 9.97. The third-order valence-corrected chi connectivity index (χ3v) is 5.49. The van der Waals surface area contributed by atoms with Gasteiger partial charge >= 0.3 is 0 Å². The molecule has 2 aromatic rings. The molecule has 3 heteroatoms. The van der Waals surface area contributed by atoms with E-state index >= 15 is 0 Å². The Kier molecular flexibility index (Phi) is 4.01. The zero-order valence-electron chi connectivity index (χ0n) is 14.1. The summed E-state index contributed by atoms with van der Waals surface area (Å²) in [5, 5.41) is 0. The van der Waals surface area contributed by atoms with Crippen molar-refractivity contribution in [3.05, 3.63) is 65.2 Å². The van der Waals surface area contributed by atoms with Crippen molar-refractivity contribution in [2.24, 2.45) is 5.92 Å². The second-order valence-electron chi connectivity index (χ2n) is 6.79. The van der Waals surface area contributed by atoms with Crippen molar-refractivity contribution in [3.63, 3.8) is 0 Å². The molecule has 1 aliphatic heterocycles. The van der Waals surface area contributed by atoms with Crippen LogP contribution in [0.5, 0.6) is 5.75 Å². The number of hydrogen-bond acceptors (Lipinski definition) is 2. The number of rotatable bonds is 4. The van der Waals surface area contributed by atoms with Crippen molar-refractivity contribution in [1.29, 1.82) is 0 Å². The maximum Gasteiger partial charge on any atom is 0.226 e. The summed E-state index contributed by atoms with van der Waals surface area (Å²) in [5.74, 6) is 1.27. The van der Waals surface area contributed by atoms with E-state index in [-0.39, 0.29) is 12.0 Å². The van der Waals surface area contributed by atoms with Crippen LogP contribution in [0.4, 0.5) is 0 Å². The average Bonchev–Trinajstić information content (AvgIpc) is 3.19. The van der Waals surface area contributed by atoms with Gasteiger partial charge < -0.3 is 9.64 Å². The van der Waals surface area contributed by atoms with Gasteiger partial charge in [-0.1, -0.05) is 42.5 Å². The summed E-state index contributed by atoms with van der Waals surface area (Å²) in [6.07, 6.45) is 3.86. The first-order chi connectivity index (χ1) is 11.8. The Morgan fingerprint density at radius 2 is 1.88 bits per heavy atom. The molecular formula is C21H23NO2. The summed E-state index contributed by atoms with van der Waals surface area (Å²) in [6, 6.07) is 16.9. The number of para-hydroxylation sites is 1. The topological polar surface area (TPSA) is 29.5 Å². The summed E-state index contributed by atoms with van der Waals surface area (Å²) >= 11 is 0. The van der Waals surface area contributed by atoms with Gasteiger partial charge in [0.1, 0.15) is 5.75 Å². The fourth-order valence-corrected chi connectivity index (χ4v) is 4.26. The molecule has 1 fully saturated rings. The van der Waals surface area contributed by atoms with Crippen LogP contribution in [0.15, 0.2) is 48.5 Å². The summed E-state index contributed by atoms with van der Waals surface area (Å²) < 4.78 is 5.44. The highest BCUT2D eigenvalue weighted by atomic mass is 16.5. The Labute approximate surface area is 143 Å². The average molecular weight is 321 g/mol. The first-order valence-corrected chi connectivity index (χ1v) is 8.78. The molecule has 24 heavy (non-hydrogen) atoms. The number of nitrogens with zero attached hydrogens (tertiary/aromatic N) is 1. The minimum absolute atomic E-state index is 0.0778. The molecule has 2 aromatic carbocycles. The number of amides is 1. The zero-order valence-corrected chi connectivity index (χ0v) is 14.1. The normalized spacial score (nSPS) is 22.7. The lowest BCUT2D eigenvalue weighted by molar-refractivity contribution is -0.133. The smallest absolute Gasteiger partial charge is 0.226 e. The van der Waals surface area contributed by atoms with Gasteiger partial charge in [0.2, 0.25) is 5.91 Å². The molecule has 124 valence electrons. The number of likely N-dealkylation sites (tertiary alicyclic amines) is 1. The van der Waals surface area contributed by atoms with E-state index in [0.29, 0.717) is 5.91 Å². The van der Waals surface area contributed by atoms with Gasteiger partial charge in [0.25, 0.3) is 0 Å². The predicted octanol–water partition coefficient (Wildman–Crippen LogP) is 3.77. The number of aryl methyl sites for hydroxylation is 1. The van der Waals surface area contributed by atoms with Gasteiger partial charge in [0.15, 0.2) is 0 Å². The Morgan fingerprint density at radius 1 is 1.08 bits per heavy atom. The Morgan fingerprint density at radius 3 is 2.75 bits per heavy atom. The molecular weight excluding hydrogens is 298 g/mol. The quantitative estimate of drug-likeness (QED) is 0.858. The van der Waals surface area contributed by atoms with Crippen molar-refractivity contribution < 1.29 is 9.53 Å². The monoisotopic (exact) mass is 321 g/mol. The molecule has 0 N–H and O–H groups in total. The van der Waals surface area contributed by atoms with Crippen LogP contribution in [0.25, 0.3) is 0 Å². The van der Waals surface area contributed by atoms with E-state index in [1.54, 1.807) is 7.11 Å². The SMILES string of the molecule is COc1ccccc1CC1CCN(C2CCc3ccccc32)C1=O. The van der Waals surface area contributed by atoms with Crippen LogP contribution in [0, 0.1) is 5.92 Å². The van der Waals surface area contributed by atoms with Crippen LogP contribution >= 0.6 is 0 Å². The van der Waals surface area contributed by atoms with Crippen molar-refractivity contribution >= 4 is 5.91 Å². The van der Waals surface area contributed by atoms with Gasteiger partial charge in [-0.15, -0.1) is 0 Å². The van der Waals surface area contributed by atoms with E-state index in [1.165, 1.54) is 11.1 Å². The Hall–Kier alpha value is -2.29. The summed E-state index contributed by atoms with van der Waals surface area (Å²) in [6.45, 7) is 0.873. The molecule has 0 aromatic heterocycles. The van der Waals surface area contributed by atoms with E-state index in [1.807, 2.05) is 18.2 Å². The van der Waals surface area contributed by atoms with E-state index in [2.05, 4.69) is 35.2 Å². The number of carbonyl (C=O) groups excluding carboxylic acids is 1. The van der Waals surface area contributed by atoms with Crippen LogP contribution in [-0.2, 0) is 17.6 Å². The summed E-state index contributed by atoms with van der Waals surface area (Å²) in [4.78, 5) is 15.1. The van der Waals surface area contributed by atoms with Crippen LogP contribution in [0.3, 0.4) is 0 Å². The Balaban J connectivity index is 1.51. The first kappa shape index (κ1) is 15.3. The van der Waals surface area contributed by atoms with E-state index in [0.717, 1.165) is 43.5 Å². The number of benzene rings is 2. The van der Waals surface area contributed by atoms with Gasteiger partial charge in [-0.05, 0) is 48.4 Å². The standard InChI is InChI=1S/C21H23NO2/c1-24-20-9-5-3-7-16(20)14-17-12-13-22(21(17)23)19-11-10-15-6-2-4-8-18(15)19/h2-9,17,19H,10-14H2,1H3. The highest BCUT2D eigenvalue weighted by Crippen LogP contribution is 2.39. The molecule has 2 unspecified atom stereocenters. The molecule has 0 bridgehead atoms. The number of hydrogen-bond donors (Lipinski definition) is 0. The number of fused-ring (bicyclic) bond motifs is 1. The molecule has 4 rings (SSSR count).